The van der Waals surface area contributed by atoms with Crippen LogP contribution in [0.1, 0.15) is 27.6 Å². The highest BCUT2D eigenvalue weighted by atomic mass is 35.5. The maximum absolute atomic E-state index is 13.0. The number of carbonyl (C=O) groups excluding carboxylic acids is 1. The molecule has 0 spiro atoms. The second-order valence-electron chi connectivity index (χ2n) is 6.45. The van der Waals surface area contributed by atoms with E-state index in [0.717, 1.165) is 28.1 Å². The van der Waals surface area contributed by atoms with Gasteiger partial charge in [0.05, 0.1) is 0 Å². The van der Waals surface area contributed by atoms with Gasteiger partial charge in [-0.2, -0.15) is 11.8 Å². The number of hydrogen-bond acceptors (Lipinski definition) is 4. The fourth-order valence-electron chi connectivity index (χ4n) is 3.34. The molecule has 1 saturated heterocycles. The van der Waals surface area contributed by atoms with E-state index < -0.39 is 5.63 Å². The van der Waals surface area contributed by atoms with Crippen molar-refractivity contribution in [1.29, 1.82) is 0 Å². The second-order valence-corrected chi connectivity index (χ2v) is 8.16. The Morgan fingerprint density at radius 2 is 1.89 bits per heavy atom. The predicted molar refractivity (Wildman–Crippen MR) is 110 cm³/mol. The lowest BCUT2D eigenvalue weighted by Gasteiger charge is -2.20. The molecule has 27 heavy (non-hydrogen) atoms. The van der Waals surface area contributed by atoms with Crippen LogP contribution < -0.4 is 5.63 Å². The highest BCUT2D eigenvalue weighted by Crippen LogP contribution is 2.37. The molecule has 4 rings (SSSR count). The van der Waals surface area contributed by atoms with Gasteiger partial charge < -0.3 is 9.32 Å². The van der Waals surface area contributed by atoms with Gasteiger partial charge >= 0.3 is 5.63 Å². The molecule has 1 amide bonds. The quantitative estimate of drug-likeness (QED) is 0.582. The van der Waals surface area contributed by atoms with Crippen LogP contribution in [-0.4, -0.2) is 29.6 Å². The number of amides is 1. The van der Waals surface area contributed by atoms with Crippen molar-refractivity contribution in [3.63, 3.8) is 0 Å². The molecule has 0 bridgehead atoms. The lowest BCUT2D eigenvalue weighted by atomic mass is 10.1. The molecule has 4 nitrogen and oxygen atoms in total. The first-order valence-electron chi connectivity index (χ1n) is 8.81. The number of nitrogens with zero attached hydrogens (tertiary/aromatic N) is 1. The lowest BCUT2D eigenvalue weighted by molar-refractivity contribution is 0.0762. The van der Waals surface area contributed by atoms with E-state index in [0.29, 0.717) is 18.7 Å². The Labute approximate surface area is 166 Å². The van der Waals surface area contributed by atoms with E-state index in [9.17, 15) is 9.59 Å². The van der Waals surface area contributed by atoms with Crippen LogP contribution in [0.2, 0.25) is 5.02 Å². The Balaban J connectivity index is 1.56. The van der Waals surface area contributed by atoms with Gasteiger partial charge in [0, 0.05) is 34.5 Å². The topological polar surface area (TPSA) is 50.5 Å². The van der Waals surface area contributed by atoms with Crippen molar-refractivity contribution in [2.45, 2.75) is 11.7 Å². The van der Waals surface area contributed by atoms with Gasteiger partial charge in [0.25, 0.3) is 5.91 Å². The maximum atomic E-state index is 13.0. The summed E-state index contributed by atoms with van der Waals surface area (Å²) in [6, 6.07) is 16.7. The van der Waals surface area contributed by atoms with E-state index in [-0.39, 0.29) is 16.7 Å². The largest absolute Gasteiger partial charge is 0.422 e. The Morgan fingerprint density at radius 1 is 1.11 bits per heavy atom. The summed E-state index contributed by atoms with van der Waals surface area (Å²) in [4.78, 5) is 27.0. The van der Waals surface area contributed by atoms with Crippen molar-refractivity contribution >= 4 is 40.2 Å². The third-order valence-electron chi connectivity index (χ3n) is 4.75. The predicted octanol–water partition coefficient (Wildman–Crippen LogP) is 4.77. The number of carbonyl (C=O) groups is 1. The number of rotatable bonds is 2. The molecule has 2 aromatic carbocycles. The van der Waals surface area contributed by atoms with E-state index in [2.05, 4.69) is 0 Å². The Kier molecular flexibility index (Phi) is 5.23. The number of fused-ring (bicyclic) bond motifs is 1. The van der Waals surface area contributed by atoms with E-state index in [1.807, 2.05) is 36.4 Å². The van der Waals surface area contributed by atoms with E-state index in [1.165, 1.54) is 0 Å². The minimum Gasteiger partial charge on any atom is -0.422 e. The lowest BCUT2D eigenvalue weighted by Crippen LogP contribution is -2.35. The van der Waals surface area contributed by atoms with E-state index in [1.54, 1.807) is 34.9 Å². The monoisotopic (exact) mass is 399 g/mol. The Morgan fingerprint density at radius 3 is 2.74 bits per heavy atom. The van der Waals surface area contributed by atoms with Crippen LogP contribution in [0.25, 0.3) is 11.0 Å². The van der Waals surface area contributed by atoms with Crippen LogP contribution in [-0.2, 0) is 0 Å². The molecular formula is C21H18ClNO3S. The van der Waals surface area contributed by atoms with Gasteiger partial charge in [-0.3, -0.25) is 4.79 Å². The Hall–Kier alpha value is -2.24. The third-order valence-corrected chi connectivity index (χ3v) is 6.41. The zero-order valence-corrected chi connectivity index (χ0v) is 16.1. The van der Waals surface area contributed by atoms with E-state index in [4.69, 9.17) is 16.0 Å². The smallest absolute Gasteiger partial charge is 0.349 e. The van der Waals surface area contributed by atoms with Crippen molar-refractivity contribution in [3.05, 3.63) is 81.2 Å². The van der Waals surface area contributed by atoms with Crippen molar-refractivity contribution in [2.24, 2.45) is 0 Å². The molecular weight excluding hydrogens is 382 g/mol. The molecule has 2 heterocycles. The molecule has 1 aromatic heterocycles. The van der Waals surface area contributed by atoms with Crippen LogP contribution in [0.4, 0.5) is 0 Å². The average molecular weight is 400 g/mol. The van der Waals surface area contributed by atoms with Gasteiger partial charge in [0.1, 0.15) is 11.1 Å². The summed E-state index contributed by atoms with van der Waals surface area (Å²) in [7, 11) is 0. The molecule has 3 aromatic rings. The molecule has 0 radical (unpaired) electrons. The highest BCUT2D eigenvalue weighted by molar-refractivity contribution is 7.99. The SMILES string of the molecule is O=C(c1cc2ccccc2oc1=O)N1CCS[C@@H](c2ccccc2Cl)CC1. The summed E-state index contributed by atoms with van der Waals surface area (Å²) in [5.41, 5.74) is 1.10. The summed E-state index contributed by atoms with van der Waals surface area (Å²) >= 11 is 8.13. The maximum Gasteiger partial charge on any atom is 0.349 e. The summed E-state index contributed by atoms with van der Waals surface area (Å²) < 4.78 is 5.32. The van der Waals surface area contributed by atoms with Crippen molar-refractivity contribution in [2.75, 3.05) is 18.8 Å². The first kappa shape index (κ1) is 18.1. The number of para-hydroxylation sites is 1. The van der Waals surface area contributed by atoms with Gasteiger partial charge in [-0.15, -0.1) is 0 Å². The Bertz CT molecular complexity index is 1050. The van der Waals surface area contributed by atoms with E-state index >= 15 is 0 Å². The standard InChI is InChI=1S/C21H18ClNO3S/c22-17-7-3-2-6-15(17)19-9-10-23(11-12-27-19)20(24)16-13-14-5-1-4-8-18(14)26-21(16)25/h1-8,13,19H,9-12H2/t19-/m1/s1. The van der Waals surface area contributed by atoms with Crippen LogP contribution in [0.5, 0.6) is 0 Å². The summed E-state index contributed by atoms with van der Waals surface area (Å²) in [6.07, 6.45) is 0.791. The third kappa shape index (κ3) is 3.75. The van der Waals surface area contributed by atoms with Crippen LogP contribution in [0.15, 0.2) is 63.8 Å². The zero-order valence-electron chi connectivity index (χ0n) is 14.6. The summed E-state index contributed by atoms with van der Waals surface area (Å²) in [6.45, 7) is 1.17. The van der Waals surface area contributed by atoms with Crippen molar-refractivity contribution in [3.8, 4) is 0 Å². The first-order valence-corrected chi connectivity index (χ1v) is 10.2. The summed E-state index contributed by atoms with van der Waals surface area (Å²) in [5, 5.41) is 1.74. The zero-order chi connectivity index (χ0) is 18.8. The summed E-state index contributed by atoms with van der Waals surface area (Å²) in [5.74, 6) is 0.524. The van der Waals surface area contributed by atoms with Crippen molar-refractivity contribution in [1.82, 2.24) is 4.90 Å². The molecule has 138 valence electrons. The van der Waals surface area contributed by atoms with Gasteiger partial charge in [-0.25, -0.2) is 4.79 Å². The van der Waals surface area contributed by atoms with Crippen LogP contribution in [0, 0.1) is 0 Å². The number of halogens is 1. The van der Waals surface area contributed by atoms with Crippen LogP contribution in [0.3, 0.4) is 0 Å². The van der Waals surface area contributed by atoms with Gasteiger partial charge in [-0.05, 0) is 30.2 Å². The molecule has 0 unspecified atom stereocenters. The number of hydrogen-bond donors (Lipinski definition) is 0. The second kappa shape index (κ2) is 7.79. The van der Waals surface area contributed by atoms with Gasteiger partial charge in [0.2, 0.25) is 0 Å². The molecule has 1 aliphatic rings. The van der Waals surface area contributed by atoms with Gasteiger partial charge in [0.15, 0.2) is 0 Å². The first-order chi connectivity index (χ1) is 13.1. The molecule has 1 atom stereocenters. The fraction of sp³-hybridized carbons (Fsp3) is 0.238. The molecule has 0 saturated carbocycles. The van der Waals surface area contributed by atoms with Crippen molar-refractivity contribution < 1.29 is 9.21 Å². The minimum atomic E-state index is -0.585. The molecule has 0 aliphatic carbocycles. The average Bonchev–Trinajstić information content (AvgIpc) is 2.93. The number of thioether (sulfide) groups is 1. The number of benzene rings is 2. The molecule has 1 fully saturated rings. The molecule has 0 N–H and O–H groups in total. The normalized spacial score (nSPS) is 17.7. The minimum absolute atomic E-state index is 0.0925. The highest BCUT2D eigenvalue weighted by Gasteiger charge is 2.26. The van der Waals surface area contributed by atoms with Gasteiger partial charge in [-0.1, -0.05) is 48.0 Å². The fourth-order valence-corrected chi connectivity index (χ4v) is 4.94. The molecule has 1 aliphatic heterocycles. The van der Waals surface area contributed by atoms with Crippen LogP contribution >= 0.6 is 23.4 Å². The molecule has 6 heteroatoms.